The summed E-state index contributed by atoms with van der Waals surface area (Å²) in [7, 11) is 1.70. The van der Waals surface area contributed by atoms with Crippen molar-refractivity contribution in [2.24, 2.45) is 4.99 Å². The number of benzene rings is 1. The highest BCUT2D eigenvalue weighted by Gasteiger charge is 2.34. The van der Waals surface area contributed by atoms with Crippen molar-refractivity contribution in [2.75, 3.05) is 26.4 Å². The van der Waals surface area contributed by atoms with Crippen molar-refractivity contribution in [2.45, 2.75) is 25.8 Å². The highest BCUT2D eigenvalue weighted by Crippen LogP contribution is 2.51. The van der Waals surface area contributed by atoms with E-state index in [0.717, 1.165) is 25.5 Å². The summed E-state index contributed by atoms with van der Waals surface area (Å²) >= 11 is 5.71. The van der Waals surface area contributed by atoms with E-state index in [4.69, 9.17) is 26.1 Å². The Labute approximate surface area is 131 Å². The molecule has 2 atom stereocenters. The number of aryl methyl sites for hydroxylation is 1. The van der Waals surface area contributed by atoms with Gasteiger partial charge < -0.3 is 9.26 Å². The van der Waals surface area contributed by atoms with Crippen LogP contribution in [0.4, 0.5) is 0 Å². The van der Waals surface area contributed by atoms with Crippen LogP contribution in [0.25, 0.3) is 0 Å². The van der Waals surface area contributed by atoms with Gasteiger partial charge in [0.05, 0.1) is 12.6 Å². The number of aliphatic imine (C=N–C) groups is 1. The fourth-order valence-corrected chi connectivity index (χ4v) is 4.99. The SMILES string of the molecule is CCP(=S)(OC)N1CCOC1=N[C@H]1CCc2ccccc21. The molecule has 1 saturated heterocycles. The van der Waals surface area contributed by atoms with E-state index >= 15 is 0 Å². The Balaban J connectivity index is 1.88. The molecule has 6 heteroatoms. The van der Waals surface area contributed by atoms with Crippen LogP contribution >= 0.6 is 6.42 Å². The topological polar surface area (TPSA) is 34.1 Å². The molecule has 1 fully saturated rings. The molecule has 114 valence electrons. The van der Waals surface area contributed by atoms with E-state index < -0.39 is 6.42 Å². The van der Waals surface area contributed by atoms with Gasteiger partial charge in [0, 0.05) is 13.3 Å². The van der Waals surface area contributed by atoms with Crippen molar-refractivity contribution in [3.05, 3.63) is 35.4 Å². The first-order valence-corrected chi connectivity index (χ1v) is 10.2. The van der Waals surface area contributed by atoms with Gasteiger partial charge in [-0.05, 0) is 35.8 Å². The normalized spacial score (nSPS) is 25.7. The molecular weight excluding hydrogens is 303 g/mol. The van der Waals surface area contributed by atoms with E-state index in [1.165, 1.54) is 11.1 Å². The largest absolute Gasteiger partial charge is 0.463 e. The number of fused-ring (bicyclic) bond motifs is 1. The summed E-state index contributed by atoms with van der Waals surface area (Å²) in [6, 6.07) is 9.40. The van der Waals surface area contributed by atoms with E-state index in [9.17, 15) is 0 Å². The zero-order chi connectivity index (χ0) is 14.9. The van der Waals surface area contributed by atoms with Crippen LogP contribution in [-0.2, 0) is 27.5 Å². The summed E-state index contributed by atoms with van der Waals surface area (Å²) in [5, 5.41) is 0. The third kappa shape index (κ3) is 2.75. The molecule has 3 rings (SSSR count). The number of hydrogen-bond donors (Lipinski definition) is 0. The molecule has 0 radical (unpaired) electrons. The molecule has 0 amide bonds. The van der Waals surface area contributed by atoms with E-state index in [-0.39, 0.29) is 6.04 Å². The molecule has 2 aliphatic rings. The summed E-state index contributed by atoms with van der Waals surface area (Å²) in [6.07, 6.45) is 0.937. The third-order valence-electron chi connectivity index (χ3n) is 4.18. The quantitative estimate of drug-likeness (QED) is 0.796. The second-order valence-corrected chi connectivity index (χ2v) is 9.74. The first-order valence-electron chi connectivity index (χ1n) is 7.39. The monoisotopic (exact) mass is 324 g/mol. The number of nitrogens with zero attached hydrogens (tertiary/aromatic N) is 2. The molecule has 1 aromatic rings. The highest BCUT2D eigenvalue weighted by molar-refractivity contribution is 8.11. The molecule has 1 heterocycles. The van der Waals surface area contributed by atoms with E-state index in [2.05, 4.69) is 35.9 Å². The average molecular weight is 324 g/mol. The van der Waals surface area contributed by atoms with E-state index in [1.807, 2.05) is 0 Å². The van der Waals surface area contributed by atoms with Gasteiger partial charge in [-0.15, -0.1) is 0 Å². The second-order valence-electron chi connectivity index (χ2n) is 5.27. The van der Waals surface area contributed by atoms with Crippen LogP contribution in [0.5, 0.6) is 0 Å². The Morgan fingerprint density at radius 2 is 2.29 bits per heavy atom. The van der Waals surface area contributed by atoms with Gasteiger partial charge in [-0.3, -0.25) is 4.67 Å². The third-order valence-corrected chi connectivity index (χ3v) is 8.47. The maximum absolute atomic E-state index is 5.75. The summed E-state index contributed by atoms with van der Waals surface area (Å²) in [4.78, 5) is 4.86. The highest BCUT2D eigenvalue weighted by atomic mass is 32.4. The average Bonchev–Trinajstić information content (AvgIpc) is 3.15. The molecule has 0 bridgehead atoms. The van der Waals surface area contributed by atoms with Gasteiger partial charge in [0.1, 0.15) is 6.61 Å². The number of ether oxygens (including phenoxy) is 1. The van der Waals surface area contributed by atoms with Crippen LogP contribution < -0.4 is 0 Å². The van der Waals surface area contributed by atoms with Crippen molar-refractivity contribution in [3.63, 3.8) is 0 Å². The van der Waals surface area contributed by atoms with Crippen LogP contribution in [0.15, 0.2) is 29.3 Å². The van der Waals surface area contributed by atoms with Crippen LogP contribution in [0.1, 0.15) is 30.5 Å². The van der Waals surface area contributed by atoms with Crippen LogP contribution in [-0.4, -0.2) is 37.1 Å². The lowest BCUT2D eigenvalue weighted by atomic mass is 10.1. The zero-order valence-corrected chi connectivity index (χ0v) is 14.2. The Bertz CT molecular complexity index is 597. The first-order chi connectivity index (χ1) is 10.2. The Morgan fingerprint density at radius 3 is 3.05 bits per heavy atom. The Hall–Kier alpha value is -0.900. The molecule has 4 nitrogen and oxygen atoms in total. The molecular formula is C15H21N2O2PS. The number of hydrogen-bond acceptors (Lipinski definition) is 4. The van der Waals surface area contributed by atoms with Gasteiger partial charge in [0.2, 0.25) is 0 Å². The van der Waals surface area contributed by atoms with Crippen molar-refractivity contribution in [1.82, 2.24) is 4.67 Å². The van der Waals surface area contributed by atoms with E-state index in [1.54, 1.807) is 7.11 Å². The molecule has 0 spiro atoms. The minimum Gasteiger partial charge on any atom is -0.463 e. The standard InChI is InChI=1S/C15H21N2O2PS/c1-3-20(21,18-2)17-10-11-19-15(17)16-14-9-8-12-6-4-5-7-13(12)14/h4-7,14H,3,8-11H2,1-2H3/t14-,20?/m0/s1. The van der Waals surface area contributed by atoms with Gasteiger partial charge in [-0.2, -0.15) is 0 Å². The minimum absolute atomic E-state index is 0.189. The van der Waals surface area contributed by atoms with Gasteiger partial charge in [-0.1, -0.05) is 31.2 Å². The lowest BCUT2D eigenvalue weighted by Crippen LogP contribution is -2.24. The van der Waals surface area contributed by atoms with Crippen LogP contribution in [0.2, 0.25) is 0 Å². The summed E-state index contributed by atoms with van der Waals surface area (Å²) in [5.74, 6) is 0. The molecule has 1 unspecified atom stereocenters. The van der Waals surface area contributed by atoms with Crippen molar-refractivity contribution < 1.29 is 9.26 Å². The van der Waals surface area contributed by atoms with Crippen LogP contribution in [0.3, 0.4) is 0 Å². The summed E-state index contributed by atoms with van der Waals surface area (Å²) in [5.41, 5.74) is 2.72. The lowest BCUT2D eigenvalue weighted by molar-refractivity contribution is 0.348. The second kappa shape index (κ2) is 6.07. The maximum Gasteiger partial charge on any atom is 0.293 e. The van der Waals surface area contributed by atoms with Gasteiger partial charge in [-0.25, -0.2) is 4.99 Å². The van der Waals surface area contributed by atoms with E-state index in [0.29, 0.717) is 12.6 Å². The van der Waals surface area contributed by atoms with Crippen molar-refractivity contribution >= 4 is 24.2 Å². The van der Waals surface area contributed by atoms with Gasteiger partial charge in [0.15, 0.2) is 6.42 Å². The predicted octanol–water partition coefficient (Wildman–Crippen LogP) is 3.34. The molecule has 1 aliphatic heterocycles. The smallest absolute Gasteiger partial charge is 0.293 e. The molecule has 1 aliphatic carbocycles. The number of rotatable bonds is 4. The zero-order valence-electron chi connectivity index (χ0n) is 12.5. The fraction of sp³-hybridized carbons (Fsp3) is 0.533. The molecule has 1 aromatic carbocycles. The first kappa shape index (κ1) is 15.0. The maximum atomic E-state index is 5.75. The minimum atomic E-state index is -2.02. The fourth-order valence-electron chi connectivity index (χ4n) is 2.98. The molecule has 21 heavy (non-hydrogen) atoms. The molecule has 0 saturated carbocycles. The lowest BCUT2D eigenvalue weighted by Gasteiger charge is -2.29. The van der Waals surface area contributed by atoms with Crippen molar-refractivity contribution in [1.29, 1.82) is 0 Å². The Morgan fingerprint density at radius 1 is 1.48 bits per heavy atom. The Kier molecular flexibility index (Phi) is 4.34. The van der Waals surface area contributed by atoms with Gasteiger partial charge in [0.25, 0.3) is 6.02 Å². The summed E-state index contributed by atoms with van der Waals surface area (Å²) in [6.45, 7) is 3.51. The molecule has 0 aromatic heterocycles. The number of amidine groups is 1. The van der Waals surface area contributed by atoms with Gasteiger partial charge >= 0.3 is 0 Å². The summed E-state index contributed by atoms with van der Waals surface area (Å²) < 4.78 is 13.5. The molecule has 0 N–H and O–H groups in total. The predicted molar refractivity (Wildman–Crippen MR) is 89.4 cm³/mol. The van der Waals surface area contributed by atoms with Crippen LogP contribution in [0, 0.1) is 0 Å². The van der Waals surface area contributed by atoms with Crippen molar-refractivity contribution in [3.8, 4) is 0 Å².